The van der Waals surface area contributed by atoms with Crippen molar-refractivity contribution in [2.45, 2.75) is 43.3 Å². The van der Waals surface area contributed by atoms with Gasteiger partial charge in [0.1, 0.15) is 27.5 Å². The summed E-state index contributed by atoms with van der Waals surface area (Å²) in [7, 11) is -4.34. The van der Waals surface area contributed by atoms with Gasteiger partial charge in [-0.05, 0) is 50.3 Å². The zero-order valence-corrected chi connectivity index (χ0v) is 18.1. The fourth-order valence-corrected chi connectivity index (χ4v) is 5.78. The second kappa shape index (κ2) is 8.97. The summed E-state index contributed by atoms with van der Waals surface area (Å²) in [5, 5.41) is 20.3. The molecule has 0 spiro atoms. The number of ether oxygens (including phenoxy) is 2. The molecule has 2 aromatic rings. The van der Waals surface area contributed by atoms with E-state index < -0.39 is 54.5 Å². The molecule has 0 saturated heterocycles. The van der Waals surface area contributed by atoms with E-state index in [2.05, 4.69) is 0 Å². The topological polar surface area (TPSA) is 127 Å². The number of benzene rings is 2. The molecule has 1 atom stereocenters. The van der Waals surface area contributed by atoms with Gasteiger partial charge in [0.2, 0.25) is 0 Å². The van der Waals surface area contributed by atoms with Crippen molar-refractivity contribution in [2.75, 3.05) is 13.2 Å². The molecule has 8 nitrogen and oxygen atoms in total. The lowest BCUT2D eigenvalue weighted by atomic mass is 9.91. The van der Waals surface area contributed by atoms with Gasteiger partial charge in [-0.1, -0.05) is 24.3 Å². The Morgan fingerprint density at radius 3 is 2.29 bits per heavy atom. The smallest absolute Gasteiger partial charge is 0.343 e. The van der Waals surface area contributed by atoms with E-state index in [1.807, 2.05) is 24.3 Å². The summed E-state index contributed by atoms with van der Waals surface area (Å²) in [6.07, 6.45) is 0.926. The van der Waals surface area contributed by atoms with Crippen LogP contribution in [-0.2, 0) is 32.2 Å². The molecule has 2 aromatic carbocycles. The lowest BCUT2D eigenvalue weighted by Crippen LogP contribution is -2.30. The highest BCUT2D eigenvalue weighted by atomic mass is 32.2. The molecule has 0 aliphatic heterocycles. The molecule has 9 heteroatoms. The number of esters is 2. The van der Waals surface area contributed by atoms with Gasteiger partial charge in [0, 0.05) is 0 Å². The molecule has 0 radical (unpaired) electrons. The number of fused-ring (bicyclic) bond motifs is 1. The second-order valence-electron chi connectivity index (χ2n) is 7.12. The molecule has 1 unspecified atom stereocenters. The number of carbonyl (C=O) groups excluding carboxylic acids is 2. The van der Waals surface area contributed by atoms with Crippen LogP contribution in [0.1, 0.15) is 52.1 Å². The fraction of sp³-hybridized carbons (Fsp3) is 0.364. The molecule has 0 saturated carbocycles. The molecule has 166 valence electrons. The maximum Gasteiger partial charge on any atom is 0.343 e. The second-order valence-corrected chi connectivity index (χ2v) is 9.28. The summed E-state index contributed by atoms with van der Waals surface area (Å²) in [5.74, 6) is -3.84. The summed E-state index contributed by atoms with van der Waals surface area (Å²) >= 11 is 0. The van der Waals surface area contributed by atoms with Gasteiger partial charge >= 0.3 is 11.9 Å². The molecular weight excluding hydrogens is 424 g/mol. The molecule has 0 heterocycles. The number of aryl methyl sites for hydroxylation is 1. The van der Waals surface area contributed by atoms with E-state index in [0.29, 0.717) is 6.42 Å². The van der Waals surface area contributed by atoms with Crippen LogP contribution in [0.2, 0.25) is 0 Å². The first-order chi connectivity index (χ1) is 14.7. The Balaban J connectivity index is 2.19. The van der Waals surface area contributed by atoms with E-state index in [9.17, 15) is 28.2 Å². The van der Waals surface area contributed by atoms with E-state index in [0.717, 1.165) is 17.2 Å². The summed E-state index contributed by atoms with van der Waals surface area (Å²) in [6, 6.07) is 8.25. The average molecular weight is 448 g/mol. The quantitative estimate of drug-likeness (QED) is 0.510. The Morgan fingerprint density at radius 2 is 1.65 bits per heavy atom. The Kier molecular flexibility index (Phi) is 6.54. The first kappa shape index (κ1) is 22.6. The van der Waals surface area contributed by atoms with Gasteiger partial charge in [-0.2, -0.15) is 0 Å². The zero-order chi connectivity index (χ0) is 22.8. The van der Waals surface area contributed by atoms with Gasteiger partial charge in [-0.3, -0.25) is 0 Å². The van der Waals surface area contributed by atoms with E-state index >= 15 is 0 Å². The van der Waals surface area contributed by atoms with Crippen molar-refractivity contribution in [3.05, 3.63) is 52.6 Å². The number of sulfone groups is 1. The molecule has 31 heavy (non-hydrogen) atoms. The van der Waals surface area contributed by atoms with Crippen molar-refractivity contribution < 1.29 is 37.7 Å². The number of hydrogen-bond donors (Lipinski definition) is 2. The van der Waals surface area contributed by atoms with Crippen molar-refractivity contribution >= 4 is 21.8 Å². The molecule has 0 fully saturated rings. The molecule has 3 rings (SSSR count). The van der Waals surface area contributed by atoms with Crippen LogP contribution >= 0.6 is 0 Å². The Hall–Kier alpha value is -3.07. The number of aromatic hydroxyl groups is 2. The molecule has 2 N–H and O–H groups in total. The van der Waals surface area contributed by atoms with E-state index in [4.69, 9.17) is 9.47 Å². The van der Waals surface area contributed by atoms with Gasteiger partial charge in [0.25, 0.3) is 0 Å². The minimum atomic E-state index is -4.34. The Bertz CT molecular complexity index is 1120. The first-order valence-electron chi connectivity index (χ1n) is 9.96. The highest BCUT2D eigenvalue weighted by molar-refractivity contribution is 7.92. The van der Waals surface area contributed by atoms with Crippen LogP contribution in [0.25, 0.3) is 0 Å². The largest absolute Gasteiger partial charge is 0.507 e. The minimum absolute atomic E-state index is 0.0276. The number of carbonyl (C=O) groups is 2. The first-order valence-corrected chi connectivity index (χ1v) is 11.5. The third-order valence-electron chi connectivity index (χ3n) is 5.23. The maximum atomic E-state index is 13.6. The predicted molar refractivity (Wildman–Crippen MR) is 111 cm³/mol. The molecule has 0 bridgehead atoms. The minimum Gasteiger partial charge on any atom is -0.507 e. The molecule has 1 aliphatic rings. The summed E-state index contributed by atoms with van der Waals surface area (Å²) in [6.45, 7) is 2.96. The monoisotopic (exact) mass is 448 g/mol. The van der Waals surface area contributed by atoms with Crippen molar-refractivity contribution in [1.82, 2.24) is 0 Å². The van der Waals surface area contributed by atoms with E-state index in [1.165, 1.54) is 6.92 Å². The van der Waals surface area contributed by atoms with Crippen LogP contribution in [-0.4, -0.2) is 49.0 Å². The van der Waals surface area contributed by atoms with Crippen molar-refractivity contribution in [3.8, 4) is 11.5 Å². The van der Waals surface area contributed by atoms with Crippen LogP contribution in [0.3, 0.4) is 0 Å². The summed E-state index contributed by atoms with van der Waals surface area (Å²) in [5.41, 5.74) is 0.658. The number of rotatable bonds is 6. The Morgan fingerprint density at radius 1 is 1.03 bits per heavy atom. The molecule has 0 amide bonds. The number of phenols is 2. The third-order valence-corrected chi connectivity index (χ3v) is 7.48. The van der Waals surface area contributed by atoms with Crippen LogP contribution in [0.15, 0.2) is 35.2 Å². The summed E-state index contributed by atoms with van der Waals surface area (Å²) < 4.78 is 37.0. The Labute approximate surface area is 180 Å². The van der Waals surface area contributed by atoms with Crippen molar-refractivity contribution in [2.24, 2.45) is 0 Å². The van der Waals surface area contributed by atoms with Gasteiger partial charge < -0.3 is 19.7 Å². The molecule has 0 aromatic heterocycles. The number of phenolic OH excluding ortho intramolecular Hbond substituents is 2. The SMILES string of the molecule is CCOC(=O)c1cc(O)c(C(=O)OCC)c(S(=O)(=O)C2CCc3ccccc3C2)c1O. The van der Waals surface area contributed by atoms with Gasteiger partial charge in [0.15, 0.2) is 9.84 Å². The van der Waals surface area contributed by atoms with Crippen LogP contribution in [0, 0.1) is 0 Å². The number of hydrogen-bond acceptors (Lipinski definition) is 8. The van der Waals surface area contributed by atoms with Gasteiger partial charge in [-0.15, -0.1) is 0 Å². The van der Waals surface area contributed by atoms with Crippen LogP contribution in [0.5, 0.6) is 11.5 Å². The lowest BCUT2D eigenvalue weighted by Gasteiger charge is -2.26. The van der Waals surface area contributed by atoms with Crippen molar-refractivity contribution in [1.29, 1.82) is 0 Å². The van der Waals surface area contributed by atoms with E-state index in [-0.39, 0.29) is 26.1 Å². The van der Waals surface area contributed by atoms with Crippen LogP contribution in [0.4, 0.5) is 0 Å². The fourth-order valence-electron chi connectivity index (χ4n) is 3.77. The lowest BCUT2D eigenvalue weighted by molar-refractivity contribution is 0.0500. The highest BCUT2D eigenvalue weighted by Gasteiger charge is 2.40. The average Bonchev–Trinajstić information content (AvgIpc) is 2.74. The van der Waals surface area contributed by atoms with Crippen LogP contribution < -0.4 is 0 Å². The van der Waals surface area contributed by atoms with Gasteiger partial charge in [-0.25, -0.2) is 18.0 Å². The normalized spacial score (nSPS) is 15.7. The highest BCUT2D eigenvalue weighted by Crippen LogP contribution is 2.41. The van der Waals surface area contributed by atoms with E-state index in [1.54, 1.807) is 6.92 Å². The maximum absolute atomic E-state index is 13.6. The van der Waals surface area contributed by atoms with Gasteiger partial charge in [0.05, 0.1) is 18.5 Å². The predicted octanol–water partition coefficient (Wildman–Crippen LogP) is 2.78. The standard InChI is InChI=1S/C22H24O8S/c1-3-29-21(25)16-12-17(23)18(22(26)30-4-2)20(19(16)24)31(27,28)15-10-9-13-7-5-6-8-14(13)11-15/h5-8,12,15,23-24H,3-4,9-11H2,1-2H3. The summed E-state index contributed by atoms with van der Waals surface area (Å²) in [4.78, 5) is 23.9. The zero-order valence-electron chi connectivity index (χ0n) is 17.3. The third kappa shape index (κ3) is 4.23. The molecular formula is C22H24O8S. The molecule has 1 aliphatic carbocycles. The van der Waals surface area contributed by atoms with Crippen molar-refractivity contribution in [3.63, 3.8) is 0 Å².